The molecule has 2 saturated carbocycles. The maximum absolute atomic E-state index is 5.82. The van der Waals surface area contributed by atoms with Crippen molar-refractivity contribution in [1.29, 1.82) is 0 Å². The van der Waals surface area contributed by atoms with Crippen molar-refractivity contribution in [1.82, 2.24) is 14.8 Å². The molecule has 1 aromatic carbocycles. The van der Waals surface area contributed by atoms with Crippen molar-refractivity contribution in [2.45, 2.75) is 54.6 Å². The number of benzene rings is 1. The van der Waals surface area contributed by atoms with Crippen LogP contribution in [0.2, 0.25) is 0 Å². The van der Waals surface area contributed by atoms with Crippen molar-refractivity contribution in [2.24, 2.45) is 0 Å². The Morgan fingerprint density at radius 2 is 2.00 bits per heavy atom. The molecule has 2 aliphatic rings. The second-order valence-electron chi connectivity index (χ2n) is 5.84. The van der Waals surface area contributed by atoms with Gasteiger partial charge in [0.2, 0.25) is 0 Å². The highest BCUT2D eigenvalue weighted by atomic mass is 32.2. The molecule has 5 heteroatoms. The van der Waals surface area contributed by atoms with Crippen molar-refractivity contribution in [2.75, 3.05) is 5.73 Å². The molecule has 1 aromatic heterocycles. The van der Waals surface area contributed by atoms with Gasteiger partial charge in [0.15, 0.2) is 5.16 Å². The van der Waals surface area contributed by atoms with E-state index in [1.807, 2.05) is 12.1 Å². The maximum Gasteiger partial charge on any atom is 0.196 e. The first-order chi connectivity index (χ1) is 9.72. The zero-order chi connectivity index (χ0) is 13.7. The Bertz CT molecular complexity index is 656. The third-order valence-corrected chi connectivity index (χ3v) is 5.08. The molecule has 2 aromatic rings. The van der Waals surface area contributed by atoms with Crippen LogP contribution in [0.15, 0.2) is 28.3 Å². The van der Waals surface area contributed by atoms with E-state index in [1.165, 1.54) is 42.0 Å². The molecule has 0 radical (unpaired) electrons. The molecule has 0 aliphatic heterocycles. The summed E-state index contributed by atoms with van der Waals surface area (Å²) in [5, 5.41) is 9.94. The number of hydrogen-bond acceptors (Lipinski definition) is 4. The summed E-state index contributed by atoms with van der Waals surface area (Å²) in [5.41, 5.74) is 7.83. The Labute approximate surface area is 122 Å². The van der Waals surface area contributed by atoms with E-state index in [2.05, 4.69) is 27.8 Å². The van der Waals surface area contributed by atoms with E-state index < -0.39 is 0 Å². The number of aromatic nitrogens is 3. The molecule has 2 N–H and O–H groups in total. The van der Waals surface area contributed by atoms with Crippen LogP contribution < -0.4 is 5.73 Å². The van der Waals surface area contributed by atoms with Gasteiger partial charge in [0.1, 0.15) is 5.82 Å². The summed E-state index contributed by atoms with van der Waals surface area (Å²) in [4.78, 5) is 1.22. The van der Waals surface area contributed by atoms with E-state index in [0.29, 0.717) is 12.0 Å². The predicted octanol–water partition coefficient (Wildman–Crippen LogP) is 3.53. The monoisotopic (exact) mass is 286 g/mol. The average molecular weight is 286 g/mol. The highest BCUT2D eigenvalue weighted by Gasteiger charge is 2.36. The van der Waals surface area contributed by atoms with E-state index >= 15 is 0 Å². The van der Waals surface area contributed by atoms with Crippen molar-refractivity contribution in [3.8, 4) is 0 Å². The standard InChI is InChI=1S/C15H18N4S/c1-9-8-11(16)4-7-13(9)20-15-18-17-14(10-2-3-10)19(15)12-5-6-12/h4,7-8,10,12H,2-3,5-6,16H2,1H3. The number of rotatable bonds is 4. The number of anilines is 1. The van der Waals surface area contributed by atoms with E-state index in [1.54, 1.807) is 11.8 Å². The van der Waals surface area contributed by atoms with Gasteiger partial charge in [0, 0.05) is 22.5 Å². The van der Waals surface area contributed by atoms with Crippen LogP contribution in [0.25, 0.3) is 0 Å². The minimum Gasteiger partial charge on any atom is -0.399 e. The molecular weight excluding hydrogens is 268 g/mol. The molecule has 0 bridgehead atoms. The lowest BCUT2D eigenvalue weighted by atomic mass is 10.2. The Balaban J connectivity index is 1.68. The quantitative estimate of drug-likeness (QED) is 0.874. The minimum atomic E-state index is 0.636. The fourth-order valence-electron chi connectivity index (χ4n) is 2.54. The fourth-order valence-corrected chi connectivity index (χ4v) is 3.51. The molecule has 104 valence electrons. The highest BCUT2D eigenvalue weighted by Crippen LogP contribution is 2.46. The zero-order valence-electron chi connectivity index (χ0n) is 11.5. The van der Waals surface area contributed by atoms with Gasteiger partial charge in [0.25, 0.3) is 0 Å². The topological polar surface area (TPSA) is 56.7 Å². The lowest BCUT2D eigenvalue weighted by Gasteiger charge is -2.09. The van der Waals surface area contributed by atoms with Crippen LogP contribution in [0.4, 0.5) is 5.69 Å². The van der Waals surface area contributed by atoms with E-state index in [9.17, 15) is 0 Å². The Morgan fingerprint density at radius 3 is 2.65 bits per heavy atom. The van der Waals surface area contributed by atoms with Gasteiger partial charge in [-0.3, -0.25) is 0 Å². The summed E-state index contributed by atoms with van der Waals surface area (Å²) in [7, 11) is 0. The summed E-state index contributed by atoms with van der Waals surface area (Å²) in [6, 6.07) is 6.69. The first kappa shape index (κ1) is 12.3. The van der Waals surface area contributed by atoms with Crippen LogP contribution in [-0.4, -0.2) is 14.8 Å². The van der Waals surface area contributed by atoms with Gasteiger partial charge in [-0.2, -0.15) is 0 Å². The molecule has 0 spiro atoms. The third kappa shape index (κ3) is 2.20. The Morgan fingerprint density at radius 1 is 1.20 bits per heavy atom. The number of nitrogens with zero attached hydrogens (tertiary/aromatic N) is 3. The molecule has 1 heterocycles. The summed E-state index contributed by atoms with van der Waals surface area (Å²) < 4.78 is 2.39. The largest absolute Gasteiger partial charge is 0.399 e. The van der Waals surface area contributed by atoms with Crippen molar-refractivity contribution in [3.05, 3.63) is 29.6 Å². The van der Waals surface area contributed by atoms with Crippen LogP contribution in [0.3, 0.4) is 0 Å². The summed E-state index contributed by atoms with van der Waals surface area (Å²) in [6.45, 7) is 2.10. The van der Waals surface area contributed by atoms with Crippen molar-refractivity contribution >= 4 is 17.4 Å². The van der Waals surface area contributed by atoms with Crippen LogP contribution in [0, 0.1) is 6.92 Å². The van der Waals surface area contributed by atoms with Crippen LogP contribution in [-0.2, 0) is 0 Å². The molecule has 2 aliphatic carbocycles. The van der Waals surface area contributed by atoms with Gasteiger partial charge in [-0.15, -0.1) is 10.2 Å². The second-order valence-corrected chi connectivity index (χ2v) is 6.85. The molecule has 4 rings (SSSR count). The van der Waals surface area contributed by atoms with Gasteiger partial charge in [-0.25, -0.2) is 0 Å². The summed E-state index contributed by atoms with van der Waals surface area (Å²) >= 11 is 1.72. The van der Waals surface area contributed by atoms with Gasteiger partial charge >= 0.3 is 0 Å². The van der Waals surface area contributed by atoms with Crippen LogP contribution in [0.5, 0.6) is 0 Å². The fraction of sp³-hybridized carbons (Fsp3) is 0.467. The van der Waals surface area contributed by atoms with Gasteiger partial charge in [0.05, 0.1) is 0 Å². The number of nitrogen functional groups attached to an aromatic ring is 1. The predicted molar refractivity (Wildman–Crippen MR) is 80.0 cm³/mol. The Hall–Kier alpha value is -1.49. The van der Waals surface area contributed by atoms with Gasteiger partial charge in [-0.1, -0.05) is 0 Å². The SMILES string of the molecule is Cc1cc(N)ccc1Sc1nnc(C2CC2)n1C1CC1. The molecule has 0 unspecified atom stereocenters. The van der Waals surface area contributed by atoms with Crippen molar-refractivity contribution in [3.63, 3.8) is 0 Å². The zero-order valence-corrected chi connectivity index (χ0v) is 12.4. The maximum atomic E-state index is 5.82. The summed E-state index contributed by atoms with van der Waals surface area (Å²) in [6.07, 6.45) is 5.09. The molecule has 0 amide bonds. The van der Waals surface area contributed by atoms with Crippen LogP contribution >= 0.6 is 11.8 Å². The summed E-state index contributed by atoms with van der Waals surface area (Å²) in [5.74, 6) is 1.87. The van der Waals surface area contributed by atoms with E-state index in [4.69, 9.17) is 5.73 Å². The van der Waals surface area contributed by atoms with E-state index in [-0.39, 0.29) is 0 Å². The molecule has 2 fully saturated rings. The first-order valence-electron chi connectivity index (χ1n) is 7.21. The third-order valence-electron chi connectivity index (χ3n) is 3.95. The molecular formula is C15H18N4S. The van der Waals surface area contributed by atoms with E-state index in [0.717, 1.165) is 10.8 Å². The van der Waals surface area contributed by atoms with Crippen LogP contribution in [0.1, 0.15) is 49.0 Å². The van der Waals surface area contributed by atoms with Crippen molar-refractivity contribution < 1.29 is 0 Å². The molecule has 0 saturated heterocycles. The highest BCUT2D eigenvalue weighted by molar-refractivity contribution is 7.99. The normalized spacial score (nSPS) is 18.4. The van der Waals surface area contributed by atoms with Gasteiger partial charge in [-0.05, 0) is 68.1 Å². The smallest absolute Gasteiger partial charge is 0.196 e. The average Bonchev–Trinajstić information content (AvgIpc) is 3.31. The molecule has 4 nitrogen and oxygen atoms in total. The lowest BCUT2D eigenvalue weighted by Crippen LogP contribution is -2.01. The number of aryl methyl sites for hydroxylation is 1. The molecule has 0 atom stereocenters. The molecule has 20 heavy (non-hydrogen) atoms. The minimum absolute atomic E-state index is 0.636. The number of nitrogens with two attached hydrogens (primary N) is 1. The first-order valence-corrected chi connectivity index (χ1v) is 8.03. The number of hydrogen-bond donors (Lipinski definition) is 1. The second kappa shape index (κ2) is 4.52. The van der Waals surface area contributed by atoms with Gasteiger partial charge < -0.3 is 10.3 Å². The Kier molecular flexibility index (Phi) is 2.77. The lowest BCUT2D eigenvalue weighted by molar-refractivity contribution is 0.627.